The van der Waals surface area contributed by atoms with E-state index in [1.807, 2.05) is 6.21 Å². The van der Waals surface area contributed by atoms with Crippen LogP contribution in [-0.2, 0) is 0 Å². The van der Waals surface area contributed by atoms with Crippen molar-refractivity contribution in [2.24, 2.45) is 10.4 Å². The molecule has 1 saturated carbocycles. The van der Waals surface area contributed by atoms with Crippen LogP contribution in [0.3, 0.4) is 0 Å². The molecule has 0 radical (unpaired) electrons. The molecule has 0 N–H and O–H groups in total. The van der Waals surface area contributed by atoms with Crippen LogP contribution >= 0.6 is 11.8 Å². The van der Waals surface area contributed by atoms with Crippen LogP contribution in [0.2, 0.25) is 0 Å². The minimum atomic E-state index is 0.677. The van der Waals surface area contributed by atoms with Crippen LogP contribution in [0.15, 0.2) is 4.51 Å². The molecule has 1 aliphatic carbocycles. The van der Waals surface area contributed by atoms with Gasteiger partial charge in [0.25, 0.3) is 0 Å². The summed E-state index contributed by atoms with van der Waals surface area (Å²) in [5.41, 5.74) is 0. The van der Waals surface area contributed by atoms with E-state index in [4.69, 9.17) is 11.8 Å². The lowest BCUT2D eigenvalue weighted by Crippen LogP contribution is -2.06. The Labute approximate surface area is 61.2 Å². The monoisotopic (exact) mass is 145 g/mol. The number of nitrogens with zero attached hydrogens (tertiary/aromatic N) is 1. The van der Waals surface area contributed by atoms with Gasteiger partial charge < -0.3 is 0 Å². The maximum atomic E-state index is 5.20. The van der Waals surface area contributed by atoms with Gasteiger partial charge in [-0.05, 0) is 18.8 Å². The Balaban J connectivity index is 2.23. The molecule has 0 bridgehead atoms. The molecule has 0 atom stereocenters. The molecule has 9 heavy (non-hydrogen) atoms. The van der Waals surface area contributed by atoms with E-state index in [1.165, 1.54) is 32.1 Å². The van der Waals surface area contributed by atoms with Crippen molar-refractivity contribution >= 4 is 18.0 Å². The van der Waals surface area contributed by atoms with Crippen molar-refractivity contribution in [3.63, 3.8) is 0 Å². The molecule has 0 spiro atoms. The lowest BCUT2D eigenvalue weighted by Gasteiger charge is -2.15. The summed E-state index contributed by atoms with van der Waals surface area (Å²) in [7, 11) is 0. The average molecular weight is 146 g/mol. The fourth-order valence-corrected chi connectivity index (χ4v) is 1.52. The highest BCUT2D eigenvalue weighted by atomic mass is 35.5. The van der Waals surface area contributed by atoms with Crippen molar-refractivity contribution in [3.05, 3.63) is 0 Å². The highest BCUT2D eigenvalue weighted by molar-refractivity contribution is 6.17. The highest BCUT2D eigenvalue weighted by Crippen LogP contribution is 2.21. The molecule has 0 aromatic carbocycles. The number of halogens is 1. The molecule has 0 aromatic rings. The highest BCUT2D eigenvalue weighted by Gasteiger charge is 2.09. The fraction of sp³-hybridized carbons (Fsp3) is 0.857. The van der Waals surface area contributed by atoms with Gasteiger partial charge in [-0.25, -0.2) is 0 Å². The molecule has 0 heterocycles. The molecule has 1 rings (SSSR count). The van der Waals surface area contributed by atoms with E-state index in [9.17, 15) is 0 Å². The van der Waals surface area contributed by atoms with Crippen LogP contribution in [0.5, 0.6) is 0 Å². The molecule has 52 valence electrons. The standard InChI is InChI=1S/C7H12ClN/c8-9-6-7-4-2-1-3-5-7/h6-7H,1-5H2. The lowest BCUT2D eigenvalue weighted by molar-refractivity contribution is 0.445. The zero-order valence-electron chi connectivity index (χ0n) is 5.52. The van der Waals surface area contributed by atoms with Crippen molar-refractivity contribution < 1.29 is 0 Å². The molecule has 0 amide bonds. The molecule has 0 aromatic heterocycles. The fourth-order valence-electron chi connectivity index (χ4n) is 1.36. The molecule has 1 aliphatic rings. The molecule has 2 heteroatoms. The van der Waals surface area contributed by atoms with E-state index >= 15 is 0 Å². The van der Waals surface area contributed by atoms with Crippen molar-refractivity contribution in [1.29, 1.82) is 0 Å². The molecular formula is C7H12ClN. The molecule has 0 unspecified atom stereocenters. The zero-order chi connectivity index (χ0) is 6.53. The molecule has 1 fully saturated rings. The smallest absolute Gasteiger partial charge is 0.0361 e. The third-order valence-electron chi connectivity index (χ3n) is 1.92. The summed E-state index contributed by atoms with van der Waals surface area (Å²) < 4.78 is 3.51. The van der Waals surface area contributed by atoms with Crippen molar-refractivity contribution in [2.75, 3.05) is 0 Å². The van der Waals surface area contributed by atoms with Crippen LogP contribution in [-0.4, -0.2) is 6.21 Å². The lowest BCUT2D eigenvalue weighted by atomic mass is 9.90. The Morgan fingerprint density at radius 3 is 2.44 bits per heavy atom. The summed E-state index contributed by atoms with van der Waals surface area (Å²) in [6.07, 6.45) is 8.56. The van der Waals surface area contributed by atoms with Crippen molar-refractivity contribution in [2.45, 2.75) is 32.1 Å². The zero-order valence-corrected chi connectivity index (χ0v) is 6.27. The van der Waals surface area contributed by atoms with E-state index in [0.717, 1.165) is 0 Å². The summed E-state index contributed by atoms with van der Waals surface area (Å²) in [5.74, 6) is 0.677. The maximum Gasteiger partial charge on any atom is 0.0361 e. The first-order valence-corrected chi connectivity index (χ1v) is 3.92. The quantitative estimate of drug-likeness (QED) is 0.504. The molecule has 1 nitrogen and oxygen atoms in total. The second kappa shape index (κ2) is 3.89. The largest absolute Gasteiger partial charge is 0.190 e. The Morgan fingerprint density at radius 1 is 1.22 bits per heavy atom. The molecular weight excluding hydrogens is 134 g/mol. The third-order valence-corrected chi connectivity index (χ3v) is 2.03. The minimum Gasteiger partial charge on any atom is -0.190 e. The van der Waals surface area contributed by atoms with Gasteiger partial charge in [-0.15, -0.1) is 0 Å². The second-order valence-electron chi connectivity index (χ2n) is 2.64. The summed E-state index contributed by atoms with van der Waals surface area (Å²) in [5, 5.41) is 0. The first-order chi connectivity index (χ1) is 4.43. The van der Waals surface area contributed by atoms with Gasteiger partial charge in [0.1, 0.15) is 0 Å². The van der Waals surface area contributed by atoms with Gasteiger partial charge >= 0.3 is 0 Å². The van der Waals surface area contributed by atoms with Crippen molar-refractivity contribution in [3.8, 4) is 0 Å². The van der Waals surface area contributed by atoms with Crippen LogP contribution < -0.4 is 0 Å². The van der Waals surface area contributed by atoms with Gasteiger partial charge in [0.15, 0.2) is 0 Å². The summed E-state index contributed by atoms with van der Waals surface area (Å²) in [4.78, 5) is 0. The number of rotatable bonds is 1. The predicted molar refractivity (Wildman–Crippen MR) is 40.9 cm³/mol. The summed E-state index contributed by atoms with van der Waals surface area (Å²) >= 11 is 5.20. The number of hydrogen-bond acceptors (Lipinski definition) is 1. The van der Waals surface area contributed by atoms with Gasteiger partial charge in [-0.1, -0.05) is 19.3 Å². The Bertz CT molecular complexity index is 95.1. The Hall–Kier alpha value is -0.0400. The van der Waals surface area contributed by atoms with Gasteiger partial charge in [0.05, 0.1) is 0 Å². The topological polar surface area (TPSA) is 12.4 Å². The van der Waals surface area contributed by atoms with Gasteiger partial charge in [-0.2, -0.15) is 4.51 Å². The second-order valence-corrected chi connectivity index (χ2v) is 2.84. The minimum absolute atomic E-state index is 0.677. The molecule has 0 aliphatic heterocycles. The SMILES string of the molecule is ClN=CC1CCCCC1. The van der Waals surface area contributed by atoms with Crippen LogP contribution in [0, 0.1) is 5.92 Å². The Morgan fingerprint density at radius 2 is 1.89 bits per heavy atom. The van der Waals surface area contributed by atoms with Crippen LogP contribution in [0.25, 0.3) is 0 Å². The normalized spacial score (nSPS) is 23.2. The van der Waals surface area contributed by atoms with E-state index < -0.39 is 0 Å². The number of hydrogen-bond donors (Lipinski definition) is 0. The van der Waals surface area contributed by atoms with E-state index in [1.54, 1.807) is 0 Å². The van der Waals surface area contributed by atoms with E-state index in [2.05, 4.69) is 4.51 Å². The average Bonchev–Trinajstić information content (AvgIpc) is 1.91. The van der Waals surface area contributed by atoms with E-state index in [-0.39, 0.29) is 0 Å². The van der Waals surface area contributed by atoms with Crippen molar-refractivity contribution in [1.82, 2.24) is 0 Å². The van der Waals surface area contributed by atoms with Crippen LogP contribution in [0.4, 0.5) is 0 Å². The van der Waals surface area contributed by atoms with Crippen LogP contribution in [0.1, 0.15) is 32.1 Å². The summed E-state index contributed by atoms with van der Waals surface area (Å²) in [6.45, 7) is 0. The summed E-state index contributed by atoms with van der Waals surface area (Å²) in [6, 6.07) is 0. The van der Waals surface area contributed by atoms with Gasteiger partial charge in [0.2, 0.25) is 0 Å². The predicted octanol–water partition coefficient (Wildman–Crippen LogP) is 2.79. The first kappa shape index (κ1) is 7.07. The van der Waals surface area contributed by atoms with E-state index in [0.29, 0.717) is 5.92 Å². The maximum absolute atomic E-state index is 5.20. The van der Waals surface area contributed by atoms with Gasteiger partial charge in [0, 0.05) is 18.0 Å². The molecule has 0 saturated heterocycles. The first-order valence-electron chi connectivity index (χ1n) is 3.58. The third kappa shape index (κ3) is 2.35. The van der Waals surface area contributed by atoms with Gasteiger partial charge in [-0.3, -0.25) is 0 Å². The Kier molecular flexibility index (Phi) is 3.05.